The van der Waals surface area contributed by atoms with E-state index >= 15 is 28.8 Å². The molecule has 0 unspecified atom stereocenters. The summed E-state index contributed by atoms with van der Waals surface area (Å²) in [4.78, 5) is 191. The van der Waals surface area contributed by atoms with Crippen molar-refractivity contribution in [3.8, 4) is 0 Å². The molecule has 570 valence electrons. The van der Waals surface area contributed by atoms with E-state index < -0.39 is 173 Å². The van der Waals surface area contributed by atoms with Gasteiger partial charge in [0.25, 0.3) is 0 Å². The zero-order chi connectivity index (χ0) is 74.9. The van der Waals surface area contributed by atoms with Gasteiger partial charge >= 0.3 is 6.18 Å². The van der Waals surface area contributed by atoms with Gasteiger partial charge in [0, 0.05) is 75.6 Å². The van der Waals surface area contributed by atoms with Crippen LogP contribution in [0.3, 0.4) is 0 Å². The second-order valence-electron chi connectivity index (χ2n) is 29.6. The number of nitrogens with zero attached hydrogens (tertiary/aromatic N) is 9. The Hall–Kier alpha value is -7.10. The summed E-state index contributed by atoms with van der Waals surface area (Å²) in [6.45, 7) is 4.36. The average Bonchev–Trinajstić information content (AvgIpc) is 1.32. The lowest BCUT2D eigenvalue weighted by molar-refractivity contribution is -0.157. The predicted octanol–water partition coefficient (Wildman–Crippen LogP) is 5.80. The van der Waals surface area contributed by atoms with E-state index in [1.165, 1.54) is 75.0 Å². The molecule has 0 aromatic heterocycles. The largest absolute Gasteiger partial charge is 0.417 e. The standard InChI is InChI=1S/C73H112ClF3N12O13/c1-11-39-102-46-57-64(94)79-62(47(3)12-2)69(99)83(6)44-60(92)81(4)45-61(93)84(7)55(41-48-25-16-13-17-26-48)67(97)82(5)43-58(90)78-53(33-31-49-30-32-51(52(74)40-49)73(75,76)77)66(96)89-38-24-29-54(89)65(95)80-72(34-20-21-35-72)71(101)87(10)63(50-27-18-14-19-28-50)70(100)86(9)56(42-59(91)85(57)8)68(98)88-36-22-15-23-37-88/h30,32,40,47-48,50,53-57,62-63H,11-29,31,33-39,41-46H2,1-10H3,(H,78,90)(H,79,94)(H,80,95)/t47-,53-,54-,55-,56-,57-,62-,63-/m0/s1. The summed E-state index contributed by atoms with van der Waals surface area (Å²) in [5, 5.41) is 8.13. The average molecular weight is 1460 g/mol. The molecule has 12 amide bonds. The number of ether oxygens (including phenoxy) is 1. The van der Waals surface area contributed by atoms with Crippen LogP contribution < -0.4 is 16.0 Å². The fourth-order valence-corrected chi connectivity index (χ4v) is 16.0. The van der Waals surface area contributed by atoms with Crippen LogP contribution in [0.15, 0.2) is 18.2 Å². The number of halogens is 4. The number of amides is 12. The third-order valence-electron chi connectivity index (χ3n) is 22.3. The summed E-state index contributed by atoms with van der Waals surface area (Å²) >= 11 is 6.17. The van der Waals surface area contributed by atoms with Crippen LogP contribution in [0.5, 0.6) is 0 Å². The summed E-state index contributed by atoms with van der Waals surface area (Å²) < 4.78 is 47.6. The smallest absolute Gasteiger partial charge is 0.379 e. The minimum absolute atomic E-state index is 0.0138. The second-order valence-corrected chi connectivity index (χ2v) is 30.0. The van der Waals surface area contributed by atoms with Crippen molar-refractivity contribution in [2.45, 2.75) is 235 Å². The number of benzene rings is 1. The van der Waals surface area contributed by atoms with Crippen molar-refractivity contribution in [1.29, 1.82) is 0 Å². The first-order valence-electron chi connectivity index (χ1n) is 37.1. The SMILES string of the molecule is CCCOC[C@H]1C(=O)N[C@@H]([C@@H](C)CC)C(=O)N(C)CC(=O)N(C)CC(=O)N(C)[C@@H](CC2CCCCC2)C(=O)N(C)CC(=O)N[C@@H](CCc2ccc(C(F)(F)F)c(Cl)c2)C(=O)N2CCC[C@H]2C(=O)NC2(CCCC2)C(=O)N(C)[C@@H](C2CCCCC2)C(=O)N(C)[C@H](C(=O)N2CCCCC2)CC(=O)N1C. The van der Waals surface area contributed by atoms with Crippen LogP contribution in [0.1, 0.15) is 186 Å². The minimum Gasteiger partial charge on any atom is -0.379 e. The first-order chi connectivity index (χ1) is 48.3. The van der Waals surface area contributed by atoms with E-state index in [4.69, 9.17) is 16.3 Å². The van der Waals surface area contributed by atoms with E-state index in [0.29, 0.717) is 76.4 Å². The first-order valence-corrected chi connectivity index (χ1v) is 37.5. The molecule has 1 aromatic carbocycles. The quantitative estimate of drug-likeness (QED) is 0.197. The fraction of sp³-hybridized carbons (Fsp3) is 0.753. The molecule has 3 aliphatic carbocycles. The first kappa shape index (κ1) is 82.2. The van der Waals surface area contributed by atoms with E-state index in [0.717, 1.165) is 89.5 Å². The lowest BCUT2D eigenvalue weighted by Gasteiger charge is -2.43. The van der Waals surface area contributed by atoms with E-state index in [1.54, 1.807) is 11.8 Å². The highest BCUT2D eigenvalue weighted by atomic mass is 35.5. The number of hydrogen-bond acceptors (Lipinski definition) is 13. The van der Waals surface area contributed by atoms with Gasteiger partial charge in [0.2, 0.25) is 70.9 Å². The number of nitrogens with one attached hydrogen (secondary N) is 3. The number of aryl methyl sites for hydroxylation is 1. The highest BCUT2D eigenvalue weighted by molar-refractivity contribution is 6.31. The molecule has 6 aliphatic rings. The Morgan fingerprint density at radius 1 is 0.637 bits per heavy atom. The molecule has 6 fully saturated rings. The molecule has 3 heterocycles. The number of fused-ring (bicyclic) bond motifs is 1. The number of likely N-dealkylation sites (tertiary alicyclic amines) is 1. The van der Waals surface area contributed by atoms with Gasteiger partial charge in [-0.1, -0.05) is 109 Å². The molecule has 102 heavy (non-hydrogen) atoms. The number of rotatable bonds is 13. The highest BCUT2D eigenvalue weighted by Crippen LogP contribution is 2.38. The van der Waals surface area contributed by atoms with Crippen molar-refractivity contribution in [3.05, 3.63) is 34.3 Å². The molecule has 1 aromatic rings. The van der Waals surface area contributed by atoms with Crippen LogP contribution in [0.25, 0.3) is 0 Å². The number of alkyl halides is 3. The van der Waals surface area contributed by atoms with Crippen LogP contribution in [-0.4, -0.2) is 265 Å². The number of carbonyl (C=O) groups is 12. The minimum atomic E-state index is -4.76. The van der Waals surface area contributed by atoms with Gasteiger partial charge < -0.3 is 64.8 Å². The zero-order valence-electron chi connectivity index (χ0n) is 61.7. The third-order valence-corrected chi connectivity index (χ3v) is 22.6. The van der Waals surface area contributed by atoms with Crippen molar-refractivity contribution in [1.82, 2.24) is 60.0 Å². The molecule has 7 rings (SSSR count). The molecule has 3 saturated carbocycles. The Balaban J connectivity index is 1.29. The van der Waals surface area contributed by atoms with Crippen LogP contribution in [0.4, 0.5) is 13.2 Å². The van der Waals surface area contributed by atoms with Crippen LogP contribution in [-0.2, 0) is 74.9 Å². The Morgan fingerprint density at radius 3 is 1.86 bits per heavy atom. The normalized spacial score (nSPS) is 26.6. The topological polar surface area (TPSA) is 279 Å². The van der Waals surface area contributed by atoms with Crippen molar-refractivity contribution in [3.63, 3.8) is 0 Å². The van der Waals surface area contributed by atoms with Crippen molar-refractivity contribution in [2.24, 2.45) is 17.8 Å². The summed E-state index contributed by atoms with van der Waals surface area (Å²) in [6.07, 6.45) is 7.31. The van der Waals surface area contributed by atoms with E-state index in [9.17, 15) is 41.9 Å². The van der Waals surface area contributed by atoms with Gasteiger partial charge in [-0.25, -0.2) is 0 Å². The van der Waals surface area contributed by atoms with Crippen molar-refractivity contribution in [2.75, 3.05) is 102 Å². The molecule has 0 bridgehead atoms. The lowest BCUT2D eigenvalue weighted by atomic mass is 9.81. The zero-order valence-corrected chi connectivity index (χ0v) is 62.4. The van der Waals surface area contributed by atoms with Gasteiger partial charge in [0.15, 0.2) is 0 Å². The molecule has 3 N–H and O–H groups in total. The Bertz CT molecular complexity index is 3140. The van der Waals surface area contributed by atoms with Gasteiger partial charge in [0.1, 0.15) is 47.8 Å². The molecule has 0 radical (unpaired) electrons. The van der Waals surface area contributed by atoms with E-state index in [2.05, 4.69) is 16.0 Å². The van der Waals surface area contributed by atoms with Gasteiger partial charge in [-0.3, -0.25) is 57.5 Å². The Kier molecular flexibility index (Phi) is 30.3. The highest BCUT2D eigenvalue weighted by Gasteiger charge is 2.51. The molecule has 3 saturated heterocycles. The molecular formula is C73H112ClF3N12O13. The summed E-state index contributed by atoms with van der Waals surface area (Å²) in [7, 11) is 9.91. The molecule has 29 heteroatoms. The number of piperidine rings is 1. The van der Waals surface area contributed by atoms with E-state index in [-0.39, 0.29) is 64.2 Å². The summed E-state index contributed by atoms with van der Waals surface area (Å²) in [5.41, 5.74) is -2.35. The fourth-order valence-electron chi connectivity index (χ4n) is 15.7. The molecule has 25 nitrogen and oxygen atoms in total. The number of carbonyl (C=O) groups excluding carboxylic acids is 12. The summed E-state index contributed by atoms with van der Waals surface area (Å²) in [5.74, 6) is -8.86. The maximum Gasteiger partial charge on any atom is 0.417 e. The maximum absolute atomic E-state index is 15.8. The Labute approximate surface area is 604 Å². The number of hydrogen-bond donors (Lipinski definition) is 3. The van der Waals surface area contributed by atoms with Gasteiger partial charge in [-0.05, 0) is 119 Å². The van der Waals surface area contributed by atoms with Gasteiger partial charge in [-0.15, -0.1) is 0 Å². The number of likely N-dealkylation sites (N-methyl/N-ethyl adjacent to an activating group) is 7. The third kappa shape index (κ3) is 20.9. The van der Waals surface area contributed by atoms with Crippen LogP contribution in [0.2, 0.25) is 5.02 Å². The molecule has 3 aliphatic heterocycles. The molecule has 1 spiro atoms. The van der Waals surface area contributed by atoms with Crippen molar-refractivity contribution < 1.29 is 75.4 Å². The lowest BCUT2D eigenvalue weighted by Crippen LogP contribution is -2.65. The predicted molar refractivity (Wildman–Crippen MR) is 375 cm³/mol. The Morgan fingerprint density at radius 2 is 1.25 bits per heavy atom. The van der Waals surface area contributed by atoms with E-state index in [1.807, 2.05) is 13.8 Å². The van der Waals surface area contributed by atoms with Crippen molar-refractivity contribution >= 4 is 82.5 Å². The summed E-state index contributed by atoms with van der Waals surface area (Å²) in [6, 6.07) is -5.83. The molecule has 8 atom stereocenters. The van der Waals surface area contributed by atoms with Crippen LogP contribution in [0, 0.1) is 17.8 Å². The second kappa shape index (κ2) is 37.6. The maximum atomic E-state index is 15.8. The van der Waals surface area contributed by atoms with Gasteiger partial charge in [0.05, 0.1) is 43.2 Å². The van der Waals surface area contributed by atoms with Crippen LogP contribution >= 0.6 is 11.6 Å². The monoisotopic (exact) mass is 1460 g/mol. The van der Waals surface area contributed by atoms with Gasteiger partial charge in [-0.2, -0.15) is 13.2 Å². The molecular weight excluding hydrogens is 1350 g/mol.